The lowest BCUT2D eigenvalue weighted by atomic mass is 10.2. The van der Waals surface area contributed by atoms with Crippen molar-refractivity contribution in [1.82, 2.24) is 10.2 Å². The zero-order valence-corrected chi connectivity index (χ0v) is 15.5. The first kappa shape index (κ1) is 17.9. The predicted octanol–water partition coefficient (Wildman–Crippen LogP) is 2.57. The standard InChI is InChI=1S/C19H30N4O2/c1-4-20-19(21-13-16(23(2)3)14-6-7-14)22-15-8-9-17-18(12-15)25-11-5-10-24-17/h8-9,12,14,16H,4-7,10-11,13H2,1-3H3,(H2,20,21,22). The molecule has 138 valence electrons. The van der Waals surface area contributed by atoms with Gasteiger partial charge in [0.2, 0.25) is 0 Å². The van der Waals surface area contributed by atoms with Crippen molar-refractivity contribution in [1.29, 1.82) is 0 Å². The van der Waals surface area contributed by atoms with Crippen LogP contribution in [-0.2, 0) is 0 Å². The van der Waals surface area contributed by atoms with E-state index in [0.29, 0.717) is 19.3 Å². The van der Waals surface area contributed by atoms with E-state index in [1.807, 2.05) is 18.2 Å². The molecule has 0 amide bonds. The summed E-state index contributed by atoms with van der Waals surface area (Å²) in [5, 5.41) is 6.71. The van der Waals surface area contributed by atoms with Crippen molar-refractivity contribution in [3.63, 3.8) is 0 Å². The molecule has 1 atom stereocenters. The first-order valence-electron chi connectivity index (χ1n) is 9.28. The minimum Gasteiger partial charge on any atom is -0.490 e. The normalized spacial score (nSPS) is 18.6. The van der Waals surface area contributed by atoms with E-state index in [1.165, 1.54) is 12.8 Å². The predicted molar refractivity (Wildman–Crippen MR) is 102 cm³/mol. The lowest BCUT2D eigenvalue weighted by molar-refractivity contribution is 0.271. The van der Waals surface area contributed by atoms with Crippen molar-refractivity contribution in [3.05, 3.63) is 18.2 Å². The molecule has 1 saturated carbocycles. The summed E-state index contributed by atoms with van der Waals surface area (Å²) in [7, 11) is 4.28. The van der Waals surface area contributed by atoms with E-state index in [2.05, 4.69) is 36.6 Å². The van der Waals surface area contributed by atoms with Gasteiger partial charge in [-0.25, -0.2) is 0 Å². The largest absolute Gasteiger partial charge is 0.490 e. The second-order valence-electron chi connectivity index (χ2n) is 6.93. The maximum absolute atomic E-state index is 5.77. The Hall–Kier alpha value is -1.95. The number of nitrogens with one attached hydrogen (secondary N) is 2. The van der Waals surface area contributed by atoms with Crippen LogP contribution in [0.2, 0.25) is 0 Å². The highest BCUT2D eigenvalue weighted by Gasteiger charge is 2.32. The van der Waals surface area contributed by atoms with Crippen LogP contribution in [0, 0.1) is 5.92 Å². The van der Waals surface area contributed by atoms with Gasteiger partial charge in [0.05, 0.1) is 19.8 Å². The van der Waals surface area contributed by atoms with Gasteiger partial charge in [0.1, 0.15) is 0 Å². The Labute approximate surface area is 150 Å². The number of hydrogen-bond acceptors (Lipinski definition) is 4. The smallest absolute Gasteiger partial charge is 0.195 e. The van der Waals surface area contributed by atoms with Crippen LogP contribution in [0.3, 0.4) is 0 Å². The molecule has 25 heavy (non-hydrogen) atoms. The van der Waals surface area contributed by atoms with E-state index in [4.69, 9.17) is 14.5 Å². The van der Waals surface area contributed by atoms with Crippen LogP contribution in [0.5, 0.6) is 11.5 Å². The van der Waals surface area contributed by atoms with Crippen LogP contribution in [0.15, 0.2) is 23.2 Å². The summed E-state index contributed by atoms with van der Waals surface area (Å²) in [6.45, 7) is 5.10. The van der Waals surface area contributed by atoms with Crippen molar-refractivity contribution in [2.45, 2.75) is 32.2 Å². The minimum atomic E-state index is 0.513. The average molecular weight is 346 g/mol. The highest BCUT2D eigenvalue weighted by atomic mass is 16.5. The maximum atomic E-state index is 5.77. The molecule has 0 aromatic heterocycles. The second kappa shape index (κ2) is 8.43. The maximum Gasteiger partial charge on any atom is 0.195 e. The third-order valence-corrected chi connectivity index (χ3v) is 4.62. The molecule has 0 saturated heterocycles. The summed E-state index contributed by atoms with van der Waals surface area (Å²) in [5.74, 6) is 3.21. The van der Waals surface area contributed by atoms with Gasteiger partial charge in [-0.15, -0.1) is 0 Å². The zero-order valence-electron chi connectivity index (χ0n) is 15.5. The molecule has 6 heteroatoms. The molecular weight excluding hydrogens is 316 g/mol. The van der Waals surface area contributed by atoms with Gasteiger partial charge >= 0.3 is 0 Å². The molecule has 3 rings (SSSR count). The molecule has 0 bridgehead atoms. The van der Waals surface area contributed by atoms with Crippen LogP contribution in [0.4, 0.5) is 5.69 Å². The van der Waals surface area contributed by atoms with Crippen LogP contribution in [0.25, 0.3) is 0 Å². The van der Waals surface area contributed by atoms with Crippen molar-refractivity contribution in [3.8, 4) is 11.5 Å². The fourth-order valence-corrected chi connectivity index (χ4v) is 3.08. The van der Waals surface area contributed by atoms with Crippen molar-refractivity contribution in [2.24, 2.45) is 10.9 Å². The molecule has 1 aromatic carbocycles. The van der Waals surface area contributed by atoms with Gasteiger partial charge in [-0.2, -0.15) is 0 Å². The number of nitrogens with zero attached hydrogens (tertiary/aromatic N) is 2. The molecule has 1 aliphatic carbocycles. The van der Waals surface area contributed by atoms with E-state index in [0.717, 1.165) is 48.6 Å². The van der Waals surface area contributed by atoms with Crippen molar-refractivity contribution >= 4 is 11.6 Å². The number of likely N-dealkylation sites (N-methyl/N-ethyl adjacent to an activating group) is 1. The molecule has 1 fully saturated rings. The first-order chi connectivity index (χ1) is 12.2. The fourth-order valence-electron chi connectivity index (χ4n) is 3.08. The van der Waals surface area contributed by atoms with Crippen LogP contribution >= 0.6 is 0 Å². The lowest BCUT2D eigenvalue weighted by Crippen LogP contribution is -2.36. The van der Waals surface area contributed by atoms with Gasteiger partial charge < -0.3 is 25.0 Å². The van der Waals surface area contributed by atoms with Crippen molar-refractivity contribution in [2.75, 3.05) is 45.7 Å². The molecule has 1 heterocycles. The highest BCUT2D eigenvalue weighted by molar-refractivity contribution is 5.93. The Morgan fingerprint density at radius 2 is 2.00 bits per heavy atom. The van der Waals surface area contributed by atoms with Gasteiger partial charge in [-0.05, 0) is 51.9 Å². The zero-order chi connectivity index (χ0) is 17.6. The number of benzene rings is 1. The summed E-state index contributed by atoms with van der Waals surface area (Å²) in [5.41, 5.74) is 0.955. The molecule has 0 spiro atoms. The summed E-state index contributed by atoms with van der Waals surface area (Å²) in [4.78, 5) is 7.09. The molecule has 1 unspecified atom stereocenters. The number of ether oxygens (including phenoxy) is 2. The summed E-state index contributed by atoms with van der Waals surface area (Å²) in [6, 6.07) is 6.46. The van der Waals surface area contributed by atoms with Gasteiger partial charge in [-0.3, -0.25) is 4.99 Å². The fraction of sp³-hybridized carbons (Fsp3) is 0.632. The number of anilines is 1. The van der Waals surface area contributed by atoms with E-state index in [9.17, 15) is 0 Å². The Morgan fingerprint density at radius 3 is 2.68 bits per heavy atom. The minimum absolute atomic E-state index is 0.513. The van der Waals surface area contributed by atoms with Crippen LogP contribution < -0.4 is 20.1 Å². The Balaban J connectivity index is 1.68. The third kappa shape index (κ3) is 5.01. The Bertz CT molecular complexity index is 597. The summed E-state index contributed by atoms with van der Waals surface area (Å²) < 4.78 is 11.5. The number of guanidine groups is 1. The Morgan fingerprint density at radius 1 is 1.24 bits per heavy atom. The molecule has 0 radical (unpaired) electrons. The van der Waals surface area contributed by atoms with Gasteiger partial charge in [0.25, 0.3) is 0 Å². The van der Waals surface area contributed by atoms with Gasteiger partial charge in [0, 0.05) is 30.8 Å². The molecule has 2 N–H and O–H groups in total. The first-order valence-corrected chi connectivity index (χ1v) is 9.28. The van der Waals surface area contributed by atoms with E-state index >= 15 is 0 Å². The van der Waals surface area contributed by atoms with Gasteiger partial charge in [0.15, 0.2) is 17.5 Å². The Kier molecular flexibility index (Phi) is 6.02. The van der Waals surface area contributed by atoms with Crippen LogP contribution in [-0.4, -0.2) is 57.3 Å². The highest BCUT2D eigenvalue weighted by Crippen LogP contribution is 2.35. The van der Waals surface area contributed by atoms with Gasteiger partial charge in [-0.1, -0.05) is 0 Å². The monoisotopic (exact) mass is 346 g/mol. The quantitative estimate of drug-likeness (QED) is 0.612. The van der Waals surface area contributed by atoms with Crippen LogP contribution in [0.1, 0.15) is 26.2 Å². The summed E-state index contributed by atoms with van der Waals surface area (Å²) in [6.07, 6.45) is 3.56. The molecular formula is C19H30N4O2. The SMILES string of the molecule is CCNC(=NCC(C1CC1)N(C)C)Nc1ccc2c(c1)OCCCO2. The number of aliphatic imine (C=N–C) groups is 1. The third-order valence-electron chi connectivity index (χ3n) is 4.62. The molecule has 2 aliphatic rings. The number of hydrogen-bond donors (Lipinski definition) is 2. The number of rotatable bonds is 6. The molecule has 1 aliphatic heterocycles. The number of fused-ring (bicyclic) bond motifs is 1. The topological polar surface area (TPSA) is 58.1 Å². The average Bonchev–Trinajstić information content (AvgIpc) is 3.41. The second-order valence-corrected chi connectivity index (χ2v) is 6.93. The van der Waals surface area contributed by atoms with E-state index < -0.39 is 0 Å². The van der Waals surface area contributed by atoms with E-state index in [-0.39, 0.29) is 0 Å². The molecule has 6 nitrogen and oxygen atoms in total. The lowest BCUT2D eigenvalue weighted by Gasteiger charge is -2.23. The summed E-state index contributed by atoms with van der Waals surface area (Å²) >= 11 is 0. The van der Waals surface area contributed by atoms with Crippen molar-refractivity contribution < 1.29 is 9.47 Å². The molecule has 1 aromatic rings. The van der Waals surface area contributed by atoms with E-state index in [1.54, 1.807) is 0 Å².